The highest BCUT2D eigenvalue weighted by atomic mass is 16.2. The van der Waals surface area contributed by atoms with E-state index in [4.69, 9.17) is 5.73 Å². The van der Waals surface area contributed by atoms with Crippen LogP contribution in [0.25, 0.3) is 0 Å². The van der Waals surface area contributed by atoms with E-state index >= 15 is 0 Å². The van der Waals surface area contributed by atoms with Crippen molar-refractivity contribution >= 4 is 5.91 Å². The molecule has 0 saturated carbocycles. The third kappa shape index (κ3) is 4.79. The molecule has 0 bridgehead atoms. The van der Waals surface area contributed by atoms with Crippen LogP contribution in [0.2, 0.25) is 0 Å². The Morgan fingerprint density at radius 2 is 1.78 bits per heavy atom. The van der Waals surface area contributed by atoms with Crippen molar-refractivity contribution in [3.63, 3.8) is 0 Å². The second-order valence-electron chi connectivity index (χ2n) is 5.90. The topological polar surface area (TPSA) is 77.1 Å². The highest BCUT2D eigenvalue weighted by Crippen LogP contribution is 2.17. The van der Waals surface area contributed by atoms with Gasteiger partial charge in [-0.05, 0) is 23.1 Å². The smallest absolute Gasteiger partial charge is 0.250 e. The fraction of sp³-hybridized carbons (Fsp3) is 0.333. The number of benzene rings is 1. The second kappa shape index (κ2) is 7.74. The lowest BCUT2D eigenvalue weighted by atomic mass is 9.99. The maximum atomic E-state index is 11.9. The quantitative estimate of drug-likeness (QED) is 0.853. The summed E-state index contributed by atoms with van der Waals surface area (Å²) in [7, 11) is 0. The van der Waals surface area contributed by atoms with Crippen molar-refractivity contribution < 1.29 is 4.79 Å². The number of hydrogen-bond donors (Lipinski definition) is 2. The maximum Gasteiger partial charge on any atom is 0.250 e. The molecule has 3 N–H and O–H groups in total. The molecule has 1 unspecified atom stereocenters. The van der Waals surface area contributed by atoms with Gasteiger partial charge in [0.05, 0.1) is 0 Å². The van der Waals surface area contributed by atoms with Crippen LogP contribution in [-0.4, -0.2) is 17.0 Å². The van der Waals surface area contributed by atoms with E-state index in [1.54, 1.807) is 18.3 Å². The van der Waals surface area contributed by atoms with Crippen LogP contribution in [0.1, 0.15) is 36.9 Å². The molecular weight excluding hydrogens is 290 g/mol. The maximum absolute atomic E-state index is 11.9. The van der Waals surface area contributed by atoms with Gasteiger partial charge in [-0.25, -0.2) is 0 Å². The zero-order chi connectivity index (χ0) is 16.8. The predicted molar refractivity (Wildman–Crippen MR) is 91.2 cm³/mol. The average molecular weight is 313 g/mol. The molecule has 122 valence electrons. The van der Waals surface area contributed by atoms with Gasteiger partial charge in [-0.2, -0.15) is 0 Å². The number of aromatic nitrogens is 1. The summed E-state index contributed by atoms with van der Waals surface area (Å²) in [5.74, 6) is 0.247. The van der Waals surface area contributed by atoms with Crippen LogP contribution in [0.5, 0.6) is 0 Å². The first-order chi connectivity index (χ1) is 11.0. The molecule has 5 nitrogen and oxygen atoms in total. The van der Waals surface area contributed by atoms with E-state index in [0.29, 0.717) is 12.5 Å². The lowest BCUT2D eigenvalue weighted by molar-refractivity contribution is -0.121. The fourth-order valence-electron chi connectivity index (χ4n) is 2.27. The number of nitrogens with two attached hydrogens (primary N) is 1. The van der Waals surface area contributed by atoms with E-state index in [9.17, 15) is 9.59 Å². The Bertz CT molecular complexity index is 705. The number of carbonyl (C=O) groups is 1. The molecule has 1 aromatic carbocycles. The summed E-state index contributed by atoms with van der Waals surface area (Å²) < 4.78 is 1.36. The first kappa shape index (κ1) is 17.0. The van der Waals surface area contributed by atoms with Crippen molar-refractivity contribution in [3.8, 4) is 0 Å². The molecule has 0 saturated heterocycles. The molecule has 1 aromatic heterocycles. The van der Waals surface area contributed by atoms with Gasteiger partial charge in [-0.1, -0.05) is 44.2 Å². The zero-order valence-electron chi connectivity index (χ0n) is 13.5. The summed E-state index contributed by atoms with van der Waals surface area (Å²) in [6, 6.07) is 12.6. The van der Waals surface area contributed by atoms with Crippen molar-refractivity contribution in [1.82, 2.24) is 9.88 Å². The van der Waals surface area contributed by atoms with Crippen molar-refractivity contribution in [1.29, 1.82) is 0 Å². The summed E-state index contributed by atoms with van der Waals surface area (Å²) in [5, 5.41) is 2.77. The van der Waals surface area contributed by atoms with Crippen molar-refractivity contribution in [2.24, 2.45) is 5.73 Å². The molecule has 1 atom stereocenters. The molecule has 1 amide bonds. The van der Waals surface area contributed by atoms with Crippen LogP contribution >= 0.6 is 0 Å². The van der Waals surface area contributed by atoms with E-state index in [1.165, 1.54) is 16.2 Å². The molecule has 23 heavy (non-hydrogen) atoms. The minimum Gasteiger partial charge on any atom is -0.353 e. The number of carbonyl (C=O) groups excluding carboxylic acids is 1. The molecule has 2 aromatic rings. The van der Waals surface area contributed by atoms with Crippen molar-refractivity contribution in [2.75, 3.05) is 6.54 Å². The van der Waals surface area contributed by atoms with Gasteiger partial charge in [0.25, 0.3) is 5.56 Å². The first-order valence-corrected chi connectivity index (χ1v) is 7.75. The molecule has 0 spiro atoms. The Hall–Kier alpha value is -2.40. The number of nitrogens with one attached hydrogen (secondary N) is 1. The molecule has 0 fully saturated rings. The summed E-state index contributed by atoms with van der Waals surface area (Å²) in [6.07, 6.45) is 1.59. The third-order valence-electron chi connectivity index (χ3n) is 3.76. The van der Waals surface area contributed by atoms with Gasteiger partial charge in [-0.3, -0.25) is 9.59 Å². The van der Waals surface area contributed by atoms with Gasteiger partial charge < -0.3 is 15.6 Å². The van der Waals surface area contributed by atoms with E-state index in [1.807, 2.05) is 12.1 Å². The normalized spacial score (nSPS) is 12.2. The first-order valence-electron chi connectivity index (χ1n) is 7.75. The second-order valence-corrected chi connectivity index (χ2v) is 5.90. The van der Waals surface area contributed by atoms with Gasteiger partial charge in [0.1, 0.15) is 6.54 Å². The number of hydrogen-bond acceptors (Lipinski definition) is 3. The summed E-state index contributed by atoms with van der Waals surface area (Å²) in [6.45, 7) is 4.61. The van der Waals surface area contributed by atoms with Gasteiger partial charge in [0.2, 0.25) is 5.91 Å². The number of amides is 1. The van der Waals surface area contributed by atoms with Crippen LogP contribution in [0.15, 0.2) is 53.5 Å². The SMILES string of the molecule is CC(C)c1ccc(C(N)CNC(=O)Cn2ccccc2=O)cc1. The van der Waals surface area contributed by atoms with Crippen LogP contribution < -0.4 is 16.6 Å². The van der Waals surface area contributed by atoms with Crippen LogP contribution in [0, 0.1) is 0 Å². The molecule has 0 radical (unpaired) electrons. The van der Waals surface area contributed by atoms with E-state index in [0.717, 1.165) is 5.56 Å². The van der Waals surface area contributed by atoms with Gasteiger partial charge >= 0.3 is 0 Å². The van der Waals surface area contributed by atoms with Crippen LogP contribution in [0.4, 0.5) is 0 Å². The summed E-state index contributed by atoms with van der Waals surface area (Å²) >= 11 is 0. The van der Waals surface area contributed by atoms with E-state index in [-0.39, 0.29) is 24.1 Å². The minimum absolute atomic E-state index is 0.00131. The molecule has 1 heterocycles. The fourth-order valence-corrected chi connectivity index (χ4v) is 2.27. The van der Waals surface area contributed by atoms with Crippen molar-refractivity contribution in [2.45, 2.75) is 32.4 Å². The standard InChI is InChI=1S/C18H23N3O2/c1-13(2)14-6-8-15(9-7-14)16(19)11-20-17(22)12-21-10-4-3-5-18(21)23/h3-10,13,16H,11-12,19H2,1-2H3,(H,20,22). The monoisotopic (exact) mass is 313 g/mol. The van der Waals surface area contributed by atoms with Crippen LogP contribution in [-0.2, 0) is 11.3 Å². The number of pyridine rings is 1. The highest BCUT2D eigenvalue weighted by Gasteiger charge is 2.09. The highest BCUT2D eigenvalue weighted by molar-refractivity contribution is 5.75. The molecular formula is C18H23N3O2. The van der Waals surface area contributed by atoms with Gasteiger partial charge in [0, 0.05) is 24.8 Å². The Kier molecular flexibility index (Phi) is 5.71. The minimum atomic E-state index is -0.271. The molecule has 0 aliphatic rings. The van der Waals surface area contributed by atoms with Crippen molar-refractivity contribution in [3.05, 3.63) is 70.1 Å². The zero-order valence-corrected chi connectivity index (χ0v) is 13.5. The molecule has 5 heteroatoms. The Labute approximate surface area is 136 Å². The van der Waals surface area contributed by atoms with Crippen LogP contribution in [0.3, 0.4) is 0 Å². The Balaban J connectivity index is 1.88. The van der Waals surface area contributed by atoms with Gasteiger partial charge in [-0.15, -0.1) is 0 Å². The average Bonchev–Trinajstić information content (AvgIpc) is 2.55. The molecule has 0 aliphatic heterocycles. The molecule has 0 aliphatic carbocycles. The van der Waals surface area contributed by atoms with E-state index in [2.05, 4.69) is 31.3 Å². The number of nitrogens with zero attached hydrogens (tertiary/aromatic N) is 1. The molecule has 2 rings (SSSR count). The Morgan fingerprint density at radius 3 is 2.39 bits per heavy atom. The number of rotatable bonds is 6. The van der Waals surface area contributed by atoms with E-state index < -0.39 is 0 Å². The van der Waals surface area contributed by atoms with Gasteiger partial charge in [0.15, 0.2) is 0 Å². The lowest BCUT2D eigenvalue weighted by Crippen LogP contribution is -2.36. The predicted octanol–water partition coefficient (Wildman–Crippen LogP) is 1.79. The third-order valence-corrected chi connectivity index (χ3v) is 3.76. The summed E-state index contributed by atoms with van der Waals surface area (Å²) in [5.41, 5.74) is 8.15. The Morgan fingerprint density at radius 1 is 1.13 bits per heavy atom. The lowest BCUT2D eigenvalue weighted by Gasteiger charge is -2.15. The summed E-state index contributed by atoms with van der Waals surface area (Å²) in [4.78, 5) is 23.5. The largest absolute Gasteiger partial charge is 0.353 e.